The van der Waals surface area contributed by atoms with Crippen LogP contribution in [0.2, 0.25) is 0 Å². The Labute approximate surface area is 128 Å². The number of rotatable bonds is 3. The monoisotopic (exact) mass is 297 g/mol. The summed E-state index contributed by atoms with van der Waals surface area (Å²) < 4.78 is 13.0. The Hall–Kier alpha value is -2.87. The molecule has 0 heterocycles. The van der Waals surface area contributed by atoms with Gasteiger partial charge in [-0.15, -0.1) is 0 Å². The Balaban J connectivity index is 2.03. The van der Waals surface area contributed by atoms with Crippen LogP contribution in [-0.2, 0) is 5.54 Å². The Bertz CT molecular complexity index is 700. The first-order valence-electron chi connectivity index (χ1n) is 6.76. The summed E-state index contributed by atoms with van der Waals surface area (Å²) in [7, 11) is 0. The van der Waals surface area contributed by atoms with Crippen molar-refractivity contribution < 1.29 is 9.18 Å². The van der Waals surface area contributed by atoms with Crippen LogP contribution in [0.5, 0.6) is 0 Å². The van der Waals surface area contributed by atoms with Crippen molar-refractivity contribution in [2.75, 3.05) is 5.32 Å². The van der Waals surface area contributed by atoms with Gasteiger partial charge in [-0.25, -0.2) is 9.18 Å². The van der Waals surface area contributed by atoms with Crippen molar-refractivity contribution in [3.63, 3.8) is 0 Å². The molecular weight excluding hydrogens is 281 g/mol. The Morgan fingerprint density at radius 1 is 1.09 bits per heavy atom. The highest BCUT2D eigenvalue weighted by atomic mass is 19.1. The normalized spacial score (nSPS) is 10.6. The summed E-state index contributed by atoms with van der Waals surface area (Å²) in [6, 6.07) is 14.2. The molecule has 2 aromatic rings. The third kappa shape index (κ3) is 3.83. The van der Waals surface area contributed by atoms with E-state index in [1.165, 1.54) is 12.1 Å². The minimum Gasteiger partial charge on any atom is -0.329 e. The second kappa shape index (κ2) is 6.27. The number of hydrogen-bond acceptors (Lipinski definition) is 2. The number of nitriles is 1. The summed E-state index contributed by atoms with van der Waals surface area (Å²) in [6.07, 6.45) is 0. The SMILES string of the molecule is CC(C)(NC(=O)Nc1ccc(C#N)cc1)c1ccc(F)cc1. The summed E-state index contributed by atoms with van der Waals surface area (Å²) >= 11 is 0. The van der Waals surface area contributed by atoms with Crippen molar-refractivity contribution in [2.45, 2.75) is 19.4 Å². The van der Waals surface area contributed by atoms with E-state index in [1.54, 1.807) is 36.4 Å². The molecule has 0 aliphatic heterocycles. The summed E-state index contributed by atoms with van der Waals surface area (Å²) in [5.41, 5.74) is 1.26. The van der Waals surface area contributed by atoms with Crippen LogP contribution in [0.4, 0.5) is 14.9 Å². The predicted molar refractivity (Wildman–Crippen MR) is 82.7 cm³/mol. The van der Waals surface area contributed by atoms with Crippen LogP contribution in [0.3, 0.4) is 0 Å². The molecular formula is C17H16FN3O. The number of amides is 2. The fourth-order valence-corrected chi connectivity index (χ4v) is 2.01. The van der Waals surface area contributed by atoms with Crippen molar-refractivity contribution in [1.29, 1.82) is 5.26 Å². The lowest BCUT2D eigenvalue weighted by Gasteiger charge is -2.27. The Kier molecular flexibility index (Phi) is 4.42. The van der Waals surface area contributed by atoms with Gasteiger partial charge in [0.15, 0.2) is 0 Å². The highest BCUT2D eigenvalue weighted by Crippen LogP contribution is 2.20. The standard InChI is InChI=1S/C17H16FN3O/c1-17(2,13-5-7-14(18)8-6-13)21-16(22)20-15-9-3-12(11-19)4-10-15/h3-10H,1-2H3,(H2,20,21,22). The molecule has 0 saturated heterocycles. The number of hydrogen-bond donors (Lipinski definition) is 2. The Morgan fingerprint density at radius 3 is 2.23 bits per heavy atom. The minimum atomic E-state index is -0.648. The number of benzene rings is 2. The van der Waals surface area contributed by atoms with E-state index >= 15 is 0 Å². The third-order valence-electron chi connectivity index (χ3n) is 3.26. The zero-order valence-electron chi connectivity index (χ0n) is 12.4. The molecule has 0 fully saturated rings. The van der Waals surface area contributed by atoms with Crippen molar-refractivity contribution >= 4 is 11.7 Å². The lowest BCUT2D eigenvalue weighted by atomic mass is 9.94. The van der Waals surface area contributed by atoms with Gasteiger partial charge in [-0.3, -0.25) is 0 Å². The fraction of sp³-hybridized carbons (Fsp3) is 0.176. The molecule has 2 amide bonds. The number of nitrogens with one attached hydrogen (secondary N) is 2. The Morgan fingerprint density at radius 2 is 1.68 bits per heavy atom. The first-order chi connectivity index (χ1) is 10.4. The summed E-state index contributed by atoms with van der Waals surface area (Å²) in [4.78, 5) is 12.1. The van der Waals surface area contributed by atoms with Gasteiger partial charge in [0, 0.05) is 5.69 Å². The number of carbonyl (C=O) groups is 1. The predicted octanol–water partition coefficient (Wildman–Crippen LogP) is 3.75. The molecule has 0 saturated carbocycles. The molecule has 0 spiro atoms. The molecule has 2 N–H and O–H groups in total. The first kappa shape index (κ1) is 15.5. The maximum Gasteiger partial charge on any atom is 0.319 e. The summed E-state index contributed by atoms with van der Waals surface area (Å²) in [5, 5.41) is 14.3. The van der Waals surface area contributed by atoms with E-state index in [0.717, 1.165) is 5.56 Å². The third-order valence-corrected chi connectivity index (χ3v) is 3.26. The highest BCUT2D eigenvalue weighted by Gasteiger charge is 2.22. The van der Waals surface area contributed by atoms with Crippen LogP contribution >= 0.6 is 0 Å². The van der Waals surface area contributed by atoms with Gasteiger partial charge in [0.25, 0.3) is 0 Å². The van der Waals surface area contributed by atoms with E-state index in [4.69, 9.17) is 5.26 Å². The molecule has 2 rings (SSSR count). The quantitative estimate of drug-likeness (QED) is 0.906. The maximum absolute atomic E-state index is 13.0. The summed E-state index contributed by atoms with van der Waals surface area (Å²) in [5.74, 6) is -0.318. The van der Waals surface area contributed by atoms with Gasteiger partial charge in [-0.05, 0) is 55.8 Å². The van der Waals surface area contributed by atoms with Crippen molar-refractivity contribution in [3.05, 3.63) is 65.5 Å². The first-order valence-corrected chi connectivity index (χ1v) is 6.76. The number of urea groups is 1. The minimum absolute atomic E-state index is 0.318. The van der Waals surface area contributed by atoms with Gasteiger partial charge in [-0.1, -0.05) is 12.1 Å². The van der Waals surface area contributed by atoms with E-state index in [0.29, 0.717) is 11.3 Å². The molecule has 4 nitrogen and oxygen atoms in total. The van der Waals surface area contributed by atoms with Crippen molar-refractivity contribution in [2.24, 2.45) is 0 Å². The average Bonchev–Trinajstić information content (AvgIpc) is 2.48. The van der Waals surface area contributed by atoms with E-state index in [2.05, 4.69) is 10.6 Å². The van der Waals surface area contributed by atoms with Crippen LogP contribution < -0.4 is 10.6 Å². The number of halogens is 1. The van der Waals surface area contributed by atoms with Crippen LogP contribution in [0.25, 0.3) is 0 Å². The van der Waals surface area contributed by atoms with Crippen molar-refractivity contribution in [1.82, 2.24) is 5.32 Å². The highest BCUT2D eigenvalue weighted by molar-refractivity contribution is 5.89. The molecule has 0 unspecified atom stereocenters. The van der Waals surface area contributed by atoms with Gasteiger partial charge < -0.3 is 10.6 Å². The lowest BCUT2D eigenvalue weighted by molar-refractivity contribution is 0.242. The molecule has 112 valence electrons. The molecule has 0 aromatic heterocycles. The molecule has 5 heteroatoms. The zero-order chi connectivity index (χ0) is 16.2. The molecule has 0 aliphatic rings. The van der Waals surface area contributed by atoms with E-state index in [-0.39, 0.29) is 11.8 Å². The van der Waals surface area contributed by atoms with E-state index in [1.807, 2.05) is 19.9 Å². The van der Waals surface area contributed by atoms with Crippen LogP contribution in [0.15, 0.2) is 48.5 Å². The summed E-state index contributed by atoms with van der Waals surface area (Å²) in [6.45, 7) is 3.66. The van der Waals surface area contributed by atoms with Gasteiger partial charge in [-0.2, -0.15) is 5.26 Å². The molecule has 22 heavy (non-hydrogen) atoms. The zero-order valence-corrected chi connectivity index (χ0v) is 12.4. The van der Waals surface area contributed by atoms with Gasteiger partial charge in [0.05, 0.1) is 17.2 Å². The topological polar surface area (TPSA) is 64.9 Å². The second-order valence-electron chi connectivity index (χ2n) is 5.40. The van der Waals surface area contributed by atoms with Crippen LogP contribution in [-0.4, -0.2) is 6.03 Å². The van der Waals surface area contributed by atoms with Crippen molar-refractivity contribution in [3.8, 4) is 6.07 Å². The second-order valence-corrected chi connectivity index (χ2v) is 5.40. The van der Waals surface area contributed by atoms with E-state index < -0.39 is 5.54 Å². The largest absolute Gasteiger partial charge is 0.329 e. The lowest BCUT2D eigenvalue weighted by Crippen LogP contribution is -2.43. The fourth-order valence-electron chi connectivity index (χ4n) is 2.01. The number of carbonyl (C=O) groups excluding carboxylic acids is 1. The maximum atomic E-state index is 13.0. The molecule has 0 bridgehead atoms. The molecule has 0 aliphatic carbocycles. The number of anilines is 1. The van der Waals surface area contributed by atoms with Crippen LogP contribution in [0.1, 0.15) is 25.0 Å². The molecule has 0 atom stereocenters. The van der Waals surface area contributed by atoms with Crippen LogP contribution in [0, 0.1) is 17.1 Å². The van der Waals surface area contributed by atoms with Gasteiger partial charge in [0.1, 0.15) is 5.82 Å². The van der Waals surface area contributed by atoms with Gasteiger partial charge in [0.2, 0.25) is 0 Å². The molecule has 0 radical (unpaired) electrons. The average molecular weight is 297 g/mol. The van der Waals surface area contributed by atoms with E-state index in [9.17, 15) is 9.18 Å². The number of nitrogens with zero attached hydrogens (tertiary/aromatic N) is 1. The van der Waals surface area contributed by atoms with Gasteiger partial charge >= 0.3 is 6.03 Å². The molecule has 2 aromatic carbocycles. The smallest absolute Gasteiger partial charge is 0.319 e.